The molecule has 5 nitrogen and oxygen atoms in total. The minimum absolute atomic E-state index is 0.199. The number of rotatable bonds is 4. The predicted octanol–water partition coefficient (Wildman–Crippen LogP) is 2.70. The van der Waals surface area contributed by atoms with Crippen LogP contribution in [0.4, 0.5) is 10.5 Å². The van der Waals surface area contributed by atoms with Crippen LogP contribution in [-0.2, 0) is 6.42 Å². The van der Waals surface area contributed by atoms with Crippen molar-refractivity contribution in [2.75, 3.05) is 11.9 Å². The van der Waals surface area contributed by atoms with E-state index in [1.807, 2.05) is 54.7 Å². The fraction of sp³-hybridized carbons (Fsp3) is 0.125. The number of hydrogen-bond acceptors (Lipinski definition) is 2. The zero-order valence-corrected chi connectivity index (χ0v) is 11.5. The van der Waals surface area contributed by atoms with Crippen molar-refractivity contribution >= 4 is 17.2 Å². The molecule has 0 bridgehead atoms. The van der Waals surface area contributed by atoms with Gasteiger partial charge in [-0.2, -0.15) is 5.10 Å². The molecule has 0 aliphatic rings. The molecule has 2 heterocycles. The van der Waals surface area contributed by atoms with Gasteiger partial charge in [-0.3, -0.25) is 0 Å². The molecule has 0 spiro atoms. The van der Waals surface area contributed by atoms with Crippen LogP contribution in [0.15, 0.2) is 60.9 Å². The number of amides is 2. The minimum Gasteiger partial charge on any atom is -0.338 e. The van der Waals surface area contributed by atoms with Gasteiger partial charge in [-0.25, -0.2) is 9.31 Å². The summed E-state index contributed by atoms with van der Waals surface area (Å²) in [7, 11) is 0. The molecule has 1 aromatic carbocycles. The molecule has 0 saturated heterocycles. The summed E-state index contributed by atoms with van der Waals surface area (Å²) in [4.78, 5) is 11.8. The van der Waals surface area contributed by atoms with Crippen molar-refractivity contribution in [3.05, 3.63) is 66.5 Å². The van der Waals surface area contributed by atoms with Gasteiger partial charge >= 0.3 is 6.03 Å². The van der Waals surface area contributed by atoms with E-state index in [4.69, 9.17) is 0 Å². The lowest BCUT2D eigenvalue weighted by Gasteiger charge is -2.08. The van der Waals surface area contributed by atoms with Crippen molar-refractivity contribution < 1.29 is 4.79 Å². The number of carbonyl (C=O) groups is 1. The summed E-state index contributed by atoms with van der Waals surface area (Å²) in [5, 5.41) is 9.78. The topological polar surface area (TPSA) is 58.4 Å². The van der Waals surface area contributed by atoms with Crippen molar-refractivity contribution in [1.29, 1.82) is 0 Å². The Kier molecular flexibility index (Phi) is 3.82. The van der Waals surface area contributed by atoms with E-state index in [1.54, 1.807) is 10.7 Å². The molecule has 0 radical (unpaired) electrons. The Hall–Kier alpha value is -2.82. The van der Waals surface area contributed by atoms with E-state index in [1.165, 1.54) is 5.56 Å². The Morgan fingerprint density at radius 2 is 2.00 bits per heavy atom. The first-order valence-electron chi connectivity index (χ1n) is 6.83. The third-order valence-corrected chi connectivity index (χ3v) is 3.20. The van der Waals surface area contributed by atoms with Crippen LogP contribution in [0.2, 0.25) is 0 Å². The molecular formula is C16H16N4O. The van der Waals surface area contributed by atoms with Crippen molar-refractivity contribution in [3.8, 4) is 0 Å². The highest BCUT2D eigenvalue weighted by Gasteiger charge is 2.02. The molecule has 2 aromatic heterocycles. The smallest absolute Gasteiger partial charge is 0.319 e. The van der Waals surface area contributed by atoms with Gasteiger partial charge in [-0.1, -0.05) is 30.3 Å². The first-order valence-corrected chi connectivity index (χ1v) is 6.83. The van der Waals surface area contributed by atoms with E-state index in [9.17, 15) is 4.79 Å². The lowest BCUT2D eigenvalue weighted by Crippen LogP contribution is -2.30. The molecule has 2 N–H and O–H groups in total. The lowest BCUT2D eigenvalue weighted by molar-refractivity contribution is 0.252. The Labute approximate surface area is 122 Å². The van der Waals surface area contributed by atoms with Crippen LogP contribution in [0.25, 0.3) is 5.52 Å². The molecule has 0 fully saturated rings. The third kappa shape index (κ3) is 3.39. The molecule has 2 amide bonds. The van der Waals surface area contributed by atoms with Crippen molar-refractivity contribution in [2.24, 2.45) is 0 Å². The Bertz CT molecular complexity index is 736. The SMILES string of the molecule is O=C(NCCc1ccccc1)Nc1ccn2nccc2c1. The number of benzene rings is 1. The zero-order valence-electron chi connectivity index (χ0n) is 11.5. The second-order valence-electron chi connectivity index (χ2n) is 4.73. The second-order valence-corrected chi connectivity index (χ2v) is 4.73. The van der Waals surface area contributed by atoms with E-state index in [0.29, 0.717) is 6.54 Å². The van der Waals surface area contributed by atoms with Crippen LogP contribution in [-0.4, -0.2) is 22.2 Å². The fourth-order valence-corrected chi connectivity index (χ4v) is 2.14. The Balaban J connectivity index is 1.51. The highest BCUT2D eigenvalue weighted by molar-refractivity contribution is 5.89. The molecule has 5 heteroatoms. The first kappa shape index (κ1) is 13.2. The summed E-state index contributed by atoms with van der Waals surface area (Å²) in [6.07, 6.45) is 4.35. The third-order valence-electron chi connectivity index (χ3n) is 3.20. The van der Waals surface area contributed by atoms with Crippen LogP contribution in [0.5, 0.6) is 0 Å². The number of aromatic nitrogens is 2. The Morgan fingerprint density at radius 3 is 2.86 bits per heavy atom. The molecule has 3 aromatic rings. The van der Waals surface area contributed by atoms with Gasteiger partial charge in [-0.15, -0.1) is 0 Å². The molecule has 0 saturated carbocycles. The largest absolute Gasteiger partial charge is 0.338 e. The quantitative estimate of drug-likeness (QED) is 0.772. The van der Waals surface area contributed by atoms with Gasteiger partial charge in [0.2, 0.25) is 0 Å². The van der Waals surface area contributed by atoms with E-state index < -0.39 is 0 Å². The summed E-state index contributed by atoms with van der Waals surface area (Å²) in [6, 6.07) is 15.5. The zero-order chi connectivity index (χ0) is 14.5. The van der Waals surface area contributed by atoms with E-state index in [0.717, 1.165) is 17.6 Å². The van der Waals surface area contributed by atoms with Gasteiger partial charge in [0, 0.05) is 24.6 Å². The van der Waals surface area contributed by atoms with Crippen LogP contribution in [0, 0.1) is 0 Å². The molecule has 21 heavy (non-hydrogen) atoms. The predicted molar refractivity (Wildman–Crippen MR) is 82.4 cm³/mol. The monoisotopic (exact) mass is 280 g/mol. The molecule has 0 atom stereocenters. The number of carbonyl (C=O) groups excluding carboxylic acids is 1. The summed E-state index contributed by atoms with van der Waals surface area (Å²) in [6.45, 7) is 0.602. The highest BCUT2D eigenvalue weighted by Crippen LogP contribution is 2.10. The maximum atomic E-state index is 11.8. The number of nitrogens with one attached hydrogen (secondary N) is 2. The van der Waals surface area contributed by atoms with Gasteiger partial charge in [-0.05, 0) is 30.2 Å². The number of nitrogens with zero attached hydrogens (tertiary/aromatic N) is 2. The van der Waals surface area contributed by atoms with Gasteiger partial charge < -0.3 is 10.6 Å². The van der Waals surface area contributed by atoms with Crippen molar-refractivity contribution in [2.45, 2.75) is 6.42 Å². The molecule has 0 unspecified atom stereocenters. The summed E-state index contributed by atoms with van der Waals surface area (Å²) in [5.74, 6) is 0. The van der Waals surface area contributed by atoms with Gasteiger partial charge in [0.05, 0.1) is 5.52 Å². The molecule has 3 rings (SSSR count). The van der Waals surface area contributed by atoms with Crippen molar-refractivity contribution in [3.63, 3.8) is 0 Å². The normalized spacial score (nSPS) is 10.5. The number of hydrogen-bond donors (Lipinski definition) is 2. The lowest BCUT2D eigenvalue weighted by atomic mass is 10.1. The van der Waals surface area contributed by atoms with Crippen LogP contribution in [0.3, 0.4) is 0 Å². The highest BCUT2D eigenvalue weighted by atomic mass is 16.2. The average Bonchev–Trinajstić information content (AvgIpc) is 2.96. The number of pyridine rings is 1. The van der Waals surface area contributed by atoms with Crippen LogP contribution >= 0.6 is 0 Å². The van der Waals surface area contributed by atoms with E-state index in [2.05, 4.69) is 15.7 Å². The molecular weight excluding hydrogens is 264 g/mol. The first-order chi connectivity index (χ1) is 10.3. The summed E-state index contributed by atoms with van der Waals surface area (Å²) < 4.78 is 1.75. The molecule has 0 aliphatic heterocycles. The van der Waals surface area contributed by atoms with Crippen molar-refractivity contribution in [1.82, 2.24) is 14.9 Å². The van der Waals surface area contributed by atoms with E-state index in [-0.39, 0.29) is 6.03 Å². The van der Waals surface area contributed by atoms with Crippen LogP contribution < -0.4 is 10.6 Å². The molecule has 0 aliphatic carbocycles. The molecule has 106 valence electrons. The standard InChI is InChI=1S/C16H16N4O/c21-16(17-9-6-13-4-2-1-3-5-13)19-14-8-11-20-15(12-14)7-10-18-20/h1-5,7-8,10-12H,6,9H2,(H2,17,19,21). The van der Waals surface area contributed by atoms with Crippen LogP contribution in [0.1, 0.15) is 5.56 Å². The van der Waals surface area contributed by atoms with Gasteiger partial charge in [0.15, 0.2) is 0 Å². The van der Waals surface area contributed by atoms with Gasteiger partial charge in [0.1, 0.15) is 0 Å². The van der Waals surface area contributed by atoms with E-state index >= 15 is 0 Å². The second kappa shape index (κ2) is 6.09. The number of fused-ring (bicyclic) bond motifs is 1. The fourth-order valence-electron chi connectivity index (χ4n) is 2.14. The summed E-state index contributed by atoms with van der Waals surface area (Å²) in [5.41, 5.74) is 2.90. The minimum atomic E-state index is -0.199. The maximum absolute atomic E-state index is 11.8. The number of anilines is 1. The van der Waals surface area contributed by atoms with Gasteiger partial charge in [0.25, 0.3) is 0 Å². The summed E-state index contributed by atoms with van der Waals surface area (Å²) >= 11 is 0. The Morgan fingerprint density at radius 1 is 1.14 bits per heavy atom. The average molecular weight is 280 g/mol. The maximum Gasteiger partial charge on any atom is 0.319 e. The number of urea groups is 1.